The standard InChI is InChI=1S/C12H20N2/c1-6-8-11-13-9-10(12(3,4)5)14(11)7-2/h6,8-9H,7H2,1-5H3/b8-6-. The lowest BCUT2D eigenvalue weighted by Crippen LogP contribution is -2.17. The van der Waals surface area contributed by atoms with Gasteiger partial charge in [0.15, 0.2) is 0 Å². The molecule has 14 heavy (non-hydrogen) atoms. The monoisotopic (exact) mass is 192 g/mol. The zero-order valence-electron chi connectivity index (χ0n) is 9.83. The molecule has 0 unspecified atom stereocenters. The van der Waals surface area contributed by atoms with Gasteiger partial charge in [-0.1, -0.05) is 26.8 Å². The number of aromatic nitrogens is 2. The molecule has 78 valence electrons. The zero-order valence-corrected chi connectivity index (χ0v) is 9.83. The topological polar surface area (TPSA) is 17.8 Å². The van der Waals surface area contributed by atoms with Gasteiger partial charge < -0.3 is 4.57 Å². The fraction of sp³-hybridized carbons (Fsp3) is 0.583. The Balaban J connectivity index is 3.20. The van der Waals surface area contributed by atoms with E-state index in [2.05, 4.69) is 43.3 Å². The summed E-state index contributed by atoms with van der Waals surface area (Å²) >= 11 is 0. The molecule has 0 bridgehead atoms. The molecule has 0 aromatic carbocycles. The molecular weight excluding hydrogens is 172 g/mol. The van der Waals surface area contributed by atoms with Crippen LogP contribution in [-0.4, -0.2) is 9.55 Å². The Labute approximate surface area is 86.7 Å². The Bertz CT molecular complexity index is 327. The van der Waals surface area contributed by atoms with E-state index in [1.165, 1.54) is 5.69 Å². The van der Waals surface area contributed by atoms with Crippen molar-refractivity contribution in [1.82, 2.24) is 9.55 Å². The minimum atomic E-state index is 0.169. The minimum absolute atomic E-state index is 0.169. The molecule has 0 spiro atoms. The molecule has 0 aliphatic rings. The first-order valence-corrected chi connectivity index (χ1v) is 5.19. The van der Waals surface area contributed by atoms with E-state index >= 15 is 0 Å². The van der Waals surface area contributed by atoms with E-state index in [-0.39, 0.29) is 5.41 Å². The van der Waals surface area contributed by atoms with E-state index in [0.717, 1.165) is 12.4 Å². The van der Waals surface area contributed by atoms with Gasteiger partial charge >= 0.3 is 0 Å². The Morgan fingerprint density at radius 1 is 1.43 bits per heavy atom. The quantitative estimate of drug-likeness (QED) is 0.703. The van der Waals surface area contributed by atoms with Crippen LogP contribution in [0.3, 0.4) is 0 Å². The maximum absolute atomic E-state index is 4.42. The summed E-state index contributed by atoms with van der Waals surface area (Å²) in [5, 5.41) is 0. The Kier molecular flexibility index (Phi) is 3.14. The predicted molar refractivity (Wildman–Crippen MR) is 61.3 cm³/mol. The second kappa shape index (κ2) is 3.99. The van der Waals surface area contributed by atoms with Crippen LogP contribution in [0.4, 0.5) is 0 Å². The lowest BCUT2D eigenvalue weighted by Gasteiger charge is -2.20. The van der Waals surface area contributed by atoms with Crippen LogP contribution in [0.1, 0.15) is 46.1 Å². The number of hydrogen-bond acceptors (Lipinski definition) is 1. The predicted octanol–water partition coefficient (Wildman–Crippen LogP) is 3.23. The Morgan fingerprint density at radius 3 is 2.50 bits per heavy atom. The number of rotatable bonds is 2. The van der Waals surface area contributed by atoms with E-state index in [1.807, 2.05) is 19.2 Å². The third-order valence-electron chi connectivity index (χ3n) is 2.29. The second-order valence-corrected chi connectivity index (χ2v) is 4.50. The maximum atomic E-state index is 4.42. The first-order valence-electron chi connectivity index (χ1n) is 5.19. The van der Waals surface area contributed by atoms with Crippen LogP contribution in [0.2, 0.25) is 0 Å². The van der Waals surface area contributed by atoms with Crippen LogP contribution in [0, 0.1) is 0 Å². The average molecular weight is 192 g/mol. The lowest BCUT2D eigenvalue weighted by atomic mass is 9.92. The third kappa shape index (κ3) is 2.06. The molecule has 0 radical (unpaired) electrons. The second-order valence-electron chi connectivity index (χ2n) is 4.50. The van der Waals surface area contributed by atoms with E-state index < -0.39 is 0 Å². The molecule has 0 amide bonds. The first kappa shape index (κ1) is 11.0. The normalized spacial score (nSPS) is 12.6. The van der Waals surface area contributed by atoms with Gasteiger partial charge in [-0.25, -0.2) is 4.98 Å². The van der Waals surface area contributed by atoms with Crippen LogP contribution < -0.4 is 0 Å². The van der Waals surface area contributed by atoms with Crippen LogP contribution in [0.25, 0.3) is 6.08 Å². The number of allylic oxidation sites excluding steroid dienone is 1. The van der Waals surface area contributed by atoms with Gasteiger partial charge in [-0.3, -0.25) is 0 Å². The van der Waals surface area contributed by atoms with E-state index in [0.29, 0.717) is 0 Å². The van der Waals surface area contributed by atoms with Gasteiger partial charge in [0.25, 0.3) is 0 Å². The van der Waals surface area contributed by atoms with Gasteiger partial charge in [-0.05, 0) is 19.9 Å². The molecule has 0 aliphatic carbocycles. The maximum Gasteiger partial charge on any atom is 0.132 e. The molecule has 1 heterocycles. The number of nitrogens with zero attached hydrogens (tertiary/aromatic N) is 2. The van der Waals surface area contributed by atoms with Gasteiger partial charge in [-0.15, -0.1) is 0 Å². The SMILES string of the molecule is C/C=C\c1ncc(C(C)(C)C)n1CC. The zero-order chi connectivity index (χ0) is 10.8. The highest BCUT2D eigenvalue weighted by atomic mass is 15.1. The summed E-state index contributed by atoms with van der Waals surface area (Å²) in [6.07, 6.45) is 6.07. The van der Waals surface area contributed by atoms with Crippen molar-refractivity contribution >= 4 is 6.08 Å². The summed E-state index contributed by atoms with van der Waals surface area (Å²) in [5.74, 6) is 1.06. The van der Waals surface area contributed by atoms with Gasteiger partial charge in [0.1, 0.15) is 5.82 Å². The van der Waals surface area contributed by atoms with E-state index in [4.69, 9.17) is 0 Å². The summed E-state index contributed by atoms with van der Waals surface area (Å²) in [4.78, 5) is 4.42. The summed E-state index contributed by atoms with van der Waals surface area (Å²) in [7, 11) is 0. The van der Waals surface area contributed by atoms with Crippen LogP contribution >= 0.6 is 0 Å². The molecular formula is C12H20N2. The smallest absolute Gasteiger partial charge is 0.132 e. The molecule has 0 N–H and O–H groups in total. The molecule has 0 fully saturated rings. The Hall–Kier alpha value is -1.05. The molecule has 1 aromatic rings. The fourth-order valence-electron chi connectivity index (χ4n) is 1.60. The third-order valence-corrected chi connectivity index (χ3v) is 2.29. The molecule has 1 rings (SSSR count). The molecule has 1 aromatic heterocycles. The van der Waals surface area contributed by atoms with Crippen molar-refractivity contribution in [3.63, 3.8) is 0 Å². The van der Waals surface area contributed by atoms with Gasteiger partial charge in [-0.2, -0.15) is 0 Å². The van der Waals surface area contributed by atoms with Crippen molar-refractivity contribution in [2.75, 3.05) is 0 Å². The highest BCUT2D eigenvalue weighted by molar-refractivity contribution is 5.41. The fourth-order valence-corrected chi connectivity index (χ4v) is 1.60. The number of imidazole rings is 1. The first-order chi connectivity index (χ1) is 6.50. The summed E-state index contributed by atoms with van der Waals surface area (Å²) in [6.45, 7) is 11.8. The van der Waals surface area contributed by atoms with E-state index in [9.17, 15) is 0 Å². The molecule has 0 atom stereocenters. The van der Waals surface area contributed by atoms with Crippen LogP contribution in [0.15, 0.2) is 12.3 Å². The molecule has 0 saturated heterocycles. The lowest BCUT2D eigenvalue weighted by molar-refractivity contribution is 0.524. The highest BCUT2D eigenvalue weighted by Gasteiger charge is 2.19. The molecule has 0 aliphatic heterocycles. The van der Waals surface area contributed by atoms with Gasteiger partial charge in [0.05, 0.1) is 0 Å². The molecule has 2 nitrogen and oxygen atoms in total. The van der Waals surface area contributed by atoms with Crippen molar-refractivity contribution in [3.8, 4) is 0 Å². The van der Waals surface area contributed by atoms with E-state index in [1.54, 1.807) is 0 Å². The van der Waals surface area contributed by atoms with Crippen LogP contribution in [-0.2, 0) is 12.0 Å². The Morgan fingerprint density at radius 2 is 2.07 bits per heavy atom. The average Bonchev–Trinajstić information content (AvgIpc) is 2.47. The molecule has 0 saturated carbocycles. The highest BCUT2D eigenvalue weighted by Crippen LogP contribution is 2.23. The minimum Gasteiger partial charge on any atom is -0.328 e. The summed E-state index contributed by atoms with van der Waals surface area (Å²) < 4.78 is 2.26. The summed E-state index contributed by atoms with van der Waals surface area (Å²) in [6, 6.07) is 0. The summed E-state index contributed by atoms with van der Waals surface area (Å²) in [5.41, 5.74) is 1.47. The van der Waals surface area contributed by atoms with Crippen molar-refractivity contribution in [2.24, 2.45) is 0 Å². The van der Waals surface area contributed by atoms with Gasteiger partial charge in [0, 0.05) is 23.9 Å². The van der Waals surface area contributed by atoms with Crippen LogP contribution in [0.5, 0.6) is 0 Å². The van der Waals surface area contributed by atoms with Crippen molar-refractivity contribution in [3.05, 3.63) is 23.8 Å². The van der Waals surface area contributed by atoms with Gasteiger partial charge in [0.2, 0.25) is 0 Å². The number of hydrogen-bond donors (Lipinski definition) is 0. The van der Waals surface area contributed by atoms with Crippen molar-refractivity contribution in [1.29, 1.82) is 0 Å². The van der Waals surface area contributed by atoms with Crippen molar-refractivity contribution < 1.29 is 0 Å². The van der Waals surface area contributed by atoms with Crippen molar-refractivity contribution in [2.45, 2.75) is 46.6 Å². The largest absolute Gasteiger partial charge is 0.328 e. The molecule has 2 heteroatoms.